The molecule has 3 heterocycles. The summed E-state index contributed by atoms with van der Waals surface area (Å²) in [6.45, 7) is 4.36. The second-order valence-electron chi connectivity index (χ2n) is 5.86. The molecule has 1 atom stereocenters. The van der Waals surface area contributed by atoms with Gasteiger partial charge in [0.2, 0.25) is 11.9 Å². The molecule has 1 aliphatic heterocycles. The van der Waals surface area contributed by atoms with Crippen LogP contribution in [0.3, 0.4) is 0 Å². The third kappa shape index (κ3) is 3.27. The highest BCUT2D eigenvalue weighted by Gasteiger charge is 2.27. The molecule has 2 aromatic rings. The zero-order valence-corrected chi connectivity index (χ0v) is 13.8. The molecule has 1 saturated heterocycles. The van der Waals surface area contributed by atoms with Gasteiger partial charge in [0.1, 0.15) is 12.3 Å². The van der Waals surface area contributed by atoms with Crippen LogP contribution >= 0.6 is 0 Å². The maximum Gasteiger partial charge on any atom is 0.255 e. The van der Waals surface area contributed by atoms with Crippen LogP contribution in [0, 0.1) is 0 Å². The second kappa shape index (κ2) is 6.77. The Hall–Kier alpha value is -2.77. The lowest BCUT2D eigenvalue weighted by atomic mass is 10.2. The topological polar surface area (TPSA) is 83.6 Å². The normalized spacial score (nSPS) is 16.1. The third-order valence-corrected chi connectivity index (χ3v) is 4.17. The van der Waals surface area contributed by atoms with E-state index in [-0.39, 0.29) is 11.8 Å². The fourth-order valence-electron chi connectivity index (χ4n) is 2.80. The minimum absolute atomic E-state index is 0.0775. The summed E-state index contributed by atoms with van der Waals surface area (Å²) < 4.78 is 6.84. The monoisotopic (exact) mass is 331 g/mol. The Kier molecular flexibility index (Phi) is 4.54. The fourth-order valence-corrected chi connectivity index (χ4v) is 2.80. The summed E-state index contributed by atoms with van der Waals surface area (Å²) in [5.41, 5.74) is 0.411. The zero-order valence-electron chi connectivity index (χ0n) is 13.8. The smallest absolute Gasteiger partial charge is 0.255 e. The number of rotatable bonds is 4. The van der Waals surface area contributed by atoms with E-state index in [1.807, 2.05) is 17.8 Å². The van der Waals surface area contributed by atoms with Gasteiger partial charge in [0.05, 0.1) is 11.8 Å². The molecule has 1 aliphatic rings. The Balaban J connectivity index is 1.53. The molecule has 0 unspecified atom stereocenters. The van der Waals surface area contributed by atoms with Crippen LogP contribution in [0.15, 0.2) is 35.4 Å². The molecule has 3 rings (SSSR count). The van der Waals surface area contributed by atoms with Crippen molar-refractivity contribution in [3.8, 4) is 0 Å². The summed E-state index contributed by atoms with van der Waals surface area (Å²) in [6.07, 6.45) is 6.46. The molecular formula is C16H21N5O3. The van der Waals surface area contributed by atoms with E-state index in [2.05, 4.69) is 15.2 Å². The number of hydrogen-bond donors (Lipinski definition) is 1. The molecule has 2 aromatic heterocycles. The van der Waals surface area contributed by atoms with Crippen LogP contribution in [0.2, 0.25) is 0 Å². The molecule has 0 aromatic carbocycles. The number of piperazine rings is 1. The van der Waals surface area contributed by atoms with Crippen LogP contribution in [0.4, 0.5) is 5.95 Å². The quantitative estimate of drug-likeness (QED) is 0.881. The number of hydrogen-bond acceptors (Lipinski definition) is 5. The molecule has 0 aliphatic carbocycles. The van der Waals surface area contributed by atoms with Gasteiger partial charge in [-0.05, 0) is 13.0 Å². The minimum Gasteiger partial charge on any atom is -0.472 e. The van der Waals surface area contributed by atoms with Crippen molar-refractivity contribution in [2.45, 2.75) is 13.0 Å². The number of aromatic nitrogens is 2. The fraction of sp³-hybridized carbons (Fsp3) is 0.438. The van der Waals surface area contributed by atoms with Crippen molar-refractivity contribution < 1.29 is 14.0 Å². The lowest BCUT2D eigenvalue weighted by Crippen LogP contribution is -2.54. The van der Waals surface area contributed by atoms with Crippen molar-refractivity contribution in [3.63, 3.8) is 0 Å². The number of carbonyl (C=O) groups excluding carboxylic acids is 2. The Morgan fingerprint density at radius 2 is 2.04 bits per heavy atom. The Labute approximate surface area is 140 Å². The number of furan rings is 1. The predicted octanol–water partition coefficient (Wildman–Crippen LogP) is 0.480. The number of imidazole rings is 1. The van der Waals surface area contributed by atoms with Crippen LogP contribution in [-0.4, -0.2) is 58.5 Å². The highest BCUT2D eigenvalue weighted by molar-refractivity contribution is 5.97. The van der Waals surface area contributed by atoms with Gasteiger partial charge < -0.3 is 24.1 Å². The molecule has 0 spiro atoms. The molecule has 8 nitrogen and oxygen atoms in total. The lowest BCUT2D eigenvalue weighted by Gasteiger charge is -2.36. The van der Waals surface area contributed by atoms with E-state index in [0.717, 1.165) is 19.0 Å². The first-order valence-electron chi connectivity index (χ1n) is 7.90. The Morgan fingerprint density at radius 3 is 2.62 bits per heavy atom. The summed E-state index contributed by atoms with van der Waals surface area (Å²) >= 11 is 0. The van der Waals surface area contributed by atoms with Gasteiger partial charge in [-0.25, -0.2) is 4.98 Å². The number of nitrogens with one attached hydrogen (secondary N) is 1. The van der Waals surface area contributed by atoms with Gasteiger partial charge in [-0.3, -0.25) is 9.59 Å². The van der Waals surface area contributed by atoms with E-state index >= 15 is 0 Å². The van der Waals surface area contributed by atoms with Crippen molar-refractivity contribution in [1.29, 1.82) is 0 Å². The Bertz CT molecular complexity index is 701. The predicted molar refractivity (Wildman–Crippen MR) is 87.6 cm³/mol. The van der Waals surface area contributed by atoms with Crippen LogP contribution < -0.4 is 10.2 Å². The van der Waals surface area contributed by atoms with Gasteiger partial charge in [-0.15, -0.1) is 0 Å². The standard InChI is InChI=1S/C16H21N5O3/c1-12(18-14(22)13-3-10-24-11-13)15(23)20-6-8-21(9-7-20)16-17-4-5-19(16)2/h3-5,10-12H,6-9H2,1-2H3,(H,18,22)/t12-/m0/s1. The average molecular weight is 331 g/mol. The molecule has 0 radical (unpaired) electrons. The highest BCUT2D eigenvalue weighted by Crippen LogP contribution is 2.13. The number of aryl methyl sites for hydroxylation is 1. The maximum absolute atomic E-state index is 12.5. The summed E-state index contributed by atoms with van der Waals surface area (Å²) in [4.78, 5) is 32.8. The molecule has 0 bridgehead atoms. The van der Waals surface area contributed by atoms with Crippen molar-refractivity contribution >= 4 is 17.8 Å². The van der Waals surface area contributed by atoms with Gasteiger partial charge in [-0.2, -0.15) is 0 Å². The van der Waals surface area contributed by atoms with E-state index in [1.54, 1.807) is 24.1 Å². The van der Waals surface area contributed by atoms with Crippen LogP contribution in [-0.2, 0) is 11.8 Å². The van der Waals surface area contributed by atoms with Crippen LogP contribution in [0.1, 0.15) is 17.3 Å². The molecular weight excluding hydrogens is 310 g/mol. The highest BCUT2D eigenvalue weighted by atomic mass is 16.3. The first-order chi connectivity index (χ1) is 11.6. The zero-order chi connectivity index (χ0) is 17.1. The van der Waals surface area contributed by atoms with Crippen LogP contribution in [0.5, 0.6) is 0 Å². The second-order valence-corrected chi connectivity index (χ2v) is 5.86. The number of carbonyl (C=O) groups is 2. The summed E-state index contributed by atoms with van der Waals surface area (Å²) in [6, 6.07) is 0.991. The SMILES string of the molecule is C[C@H](NC(=O)c1ccoc1)C(=O)N1CCN(c2nccn2C)CC1. The molecule has 128 valence electrons. The molecule has 1 N–H and O–H groups in total. The van der Waals surface area contributed by atoms with Crippen molar-refractivity contribution in [2.24, 2.45) is 7.05 Å². The first kappa shape index (κ1) is 16.1. The number of anilines is 1. The van der Waals surface area contributed by atoms with E-state index in [1.165, 1.54) is 12.5 Å². The molecule has 24 heavy (non-hydrogen) atoms. The van der Waals surface area contributed by atoms with Crippen molar-refractivity contribution in [1.82, 2.24) is 19.8 Å². The average Bonchev–Trinajstić information content (AvgIpc) is 3.26. The van der Waals surface area contributed by atoms with Crippen molar-refractivity contribution in [2.75, 3.05) is 31.1 Å². The third-order valence-electron chi connectivity index (χ3n) is 4.17. The van der Waals surface area contributed by atoms with Crippen molar-refractivity contribution in [3.05, 3.63) is 36.5 Å². The first-order valence-corrected chi connectivity index (χ1v) is 7.90. The largest absolute Gasteiger partial charge is 0.472 e. The van der Waals surface area contributed by atoms with Crippen LogP contribution in [0.25, 0.3) is 0 Å². The van der Waals surface area contributed by atoms with Gasteiger partial charge in [0, 0.05) is 45.6 Å². The summed E-state index contributed by atoms with van der Waals surface area (Å²) in [5, 5.41) is 2.71. The van der Waals surface area contributed by atoms with E-state index in [0.29, 0.717) is 18.7 Å². The summed E-state index contributed by atoms with van der Waals surface area (Å²) in [7, 11) is 1.95. The number of amides is 2. The molecule has 2 amide bonds. The Morgan fingerprint density at radius 1 is 1.29 bits per heavy atom. The molecule has 1 fully saturated rings. The van der Waals surface area contributed by atoms with E-state index in [4.69, 9.17) is 4.42 Å². The van der Waals surface area contributed by atoms with Gasteiger partial charge >= 0.3 is 0 Å². The van der Waals surface area contributed by atoms with Gasteiger partial charge in [0.15, 0.2) is 0 Å². The van der Waals surface area contributed by atoms with Gasteiger partial charge in [-0.1, -0.05) is 0 Å². The minimum atomic E-state index is -0.577. The maximum atomic E-state index is 12.5. The van der Waals surface area contributed by atoms with E-state index < -0.39 is 6.04 Å². The molecule has 8 heteroatoms. The lowest BCUT2D eigenvalue weighted by molar-refractivity contribution is -0.133. The number of nitrogens with zero attached hydrogens (tertiary/aromatic N) is 4. The van der Waals surface area contributed by atoms with Gasteiger partial charge in [0.25, 0.3) is 5.91 Å². The molecule has 0 saturated carbocycles. The summed E-state index contributed by atoms with van der Waals surface area (Å²) in [5.74, 6) is 0.519. The van der Waals surface area contributed by atoms with E-state index in [9.17, 15) is 9.59 Å².